The molecule has 1 aliphatic heterocycles. The molecule has 5 rings (SSSR count). The molecule has 4 aromatic heterocycles. The van der Waals surface area contributed by atoms with Crippen LogP contribution in [0.5, 0.6) is 0 Å². The Bertz CT molecular complexity index is 1190. The first-order valence-corrected chi connectivity index (χ1v) is 13.1. The summed E-state index contributed by atoms with van der Waals surface area (Å²) in [5, 5.41) is 5.61. The molecule has 0 saturated carbocycles. The smallest absolute Gasteiger partial charge is 0.138 e. The first-order valence-electron chi connectivity index (χ1n) is 10.7. The molecular weight excluding hydrogens is 444 g/mol. The van der Waals surface area contributed by atoms with E-state index in [9.17, 15) is 4.79 Å². The second-order valence-electron chi connectivity index (χ2n) is 7.86. The number of nitrogens with one attached hydrogen (secondary N) is 1. The maximum Gasteiger partial charge on any atom is 0.138 e. The minimum absolute atomic E-state index is 0.330. The monoisotopic (exact) mass is 468 g/mol. The topological polar surface area (TPSA) is 67.8 Å². The van der Waals surface area contributed by atoms with Crippen LogP contribution >= 0.6 is 34.0 Å². The molecule has 0 aliphatic carbocycles. The zero-order valence-corrected chi connectivity index (χ0v) is 19.9. The Morgan fingerprint density at radius 3 is 2.97 bits per heavy atom. The molecule has 0 fully saturated rings. The van der Waals surface area contributed by atoms with E-state index in [2.05, 4.69) is 15.3 Å². The van der Waals surface area contributed by atoms with Crippen LogP contribution in [0.25, 0.3) is 20.8 Å². The molecular formula is C23H24N4OS3. The SMILES string of the molecule is Cc1ncc(CCCCC(=O)Cc2sc3c(c2-c2nc4cnccc4s2)CCNC3)s1. The second kappa shape index (κ2) is 9.24. The third kappa shape index (κ3) is 4.62. The van der Waals surface area contributed by atoms with Crippen LogP contribution in [-0.4, -0.2) is 27.3 Å². The number of thiazole rings is 2. The Morgan fingerprint density at radius 2 is 2.13 bits per heavy atom. The van der Waals surface area contributed by atoms with Gasteiger partial charge in [-0.2, -0.15) is 0 Å². The fourth-order valence-corrected chi connectivity index (χ4v) is 7.35. The average molecular weight is 469 g/mol. The summed E-state index contributed by atoms with van der Waals surface area (Å²) in [6.07, 6.45) is 10.7. The van der Waals surface area contributed by atoms with Crippen LogP contribution < -0.4 is 5.32 Å². The molecule has 0 saturated heterocycles. The van der Waals surface area contributed by atoms with Gasteiger partial charge < -0.3 is 5.32 Å². The third-order valence-electron chi connectivity index (χ3n) is 5.56. The first kappa shape index (κ1) is 20.9. The van der Waals surface area contributed by atoms with Gasteiger partial charge in [0.05, 0.1) is 15.9 Å². The second-order valence-corrected chi connectivity index (χ2v) is 11.4. The van der Waals surface area contributed by atoms with Gasteiger partial charge >= 0.3 is 0 Å². The molecule has 1 N–H and O–H groups in total. The highest BCUT2D eigenvalue weighted by atomic mass is 32.1. The summed E-state index contributed by atoms with van der Waals surface area (Å²) in [6, 6.07) is 2.02. The number of pyridine rings is 1. The third-order valence-corrected chi connectivity index (χ3v) is 8.82. The zero-order valence-electron chi connectivity index (χ0n) is 17.4. The minimum Gasteiger partial charge on any atom is -0.312 e. The van der Waals surface area contributed by atoms with Crippen molar-refractivity contribution >= 4 is 50.0 Å². The predicted octanol–water partition coefficient (Wildman–Crippen LogP) is 5.36. The van der Waals surface area contributed by atoms with Crippen molar-refractivity contribution in [3.8, 4) is 10.6 Å². The van der Waals surface area contributed by atoms with Crippen molar-refractivity contribution in [1.29, 1.82) is 0 Å². The highest BCUT2D eigenvalue weighted by Crippen LogP contribution is 2.41. The quantitative estimate of drug-likeness (QED) is 0.353. The van der Waals surface area contributed by atoms with Gasteiger partial charge in [0.2, 0.25) is 0 Å². The van der Waals surface area contributed by atoms with Crippen LogP contribution in [0.3, 0.4) is 0 Å². The van der Waals surface area contributed by atoms with Gasteiger partial charge in [-0.3, -0.25) is 9.78 Å². The number of hydrogen-bond donors (Lipinski definition) is 1. The molecule has 5 heterocycles. The van der Waals surface area contributed by atoms with E-state index in [1.54, 1.807) is 34.0 Å². The van der Waals surface area contributed by atoms with E-state index in [1.807, 2.05) is 31.6 Å². The first-order chi connectivity index (χ1) is 15.2. The molecule has 8 heteroatoms. The maximum atomic E-state index is 12.9. The van der Waals surface area contributed by atoms with E-state index in [0.29, 0.717) is 18.6 Å². The van der Waals surface area contributed by atoms with Crippen LogP contribution in [0.4, 0.5) is 0 Å². The minimum atomic E-state index is 0.330. The summed E-state index contributed by atoms with van der Waals surface area (Å²) >= 11 is 5.26. The number of fused-ring (bicyclic) bond motifs is 2. The Hall–Kier alpha value is -2.00. The molecule has 31 heavy (non-hydrogen) atoms. The summed E-state index contributed by atoms with van der Waals surface area (Å²) in [5.41, 5.74) is 3.54. The summed E-state index contributed by atoms with van der Waals surface area (Å²) in [6.45, 7) is 3.91. The van der Waals surface area contributed by atoms with Crippen molar-refractivity contribution in [3.63, 3.8) is 0 Å². The van der Waals surface area contributed by atoms with Gasteiger partial charge in [-0.1, -0.05) is 0 Å². The number of ketones is 1. The van der Waals surface area contributed by atoms with E-state index < -0.39 is 0 Å². The lowest BCUT2D eigenvalue weighted by atomic mass is 10.00. The van der Waals surface area contributed by atoms with Crippen molar-refractivity contribution in [2.24, 2.45) is 0 Å². The van der Waals surface area contributed by atoms with Crippen molar-refractivity contribution in [2.75, 3.05) is 6.54 Å². The van der Waals surface area contributed by atoms with E-state index >= 15 is 0 Å². The number of unbranched alkanes of at least 4 members (excludes halogenated alkanes) is 1. The number of thiophene rings is 1. The lowest BCUT2D eigenvalue weighted by Gasteiger charge is -2.13. The number of Topliss-reactive ketones (excluding diaryl/α,β-unsaturated/α-hetero) is 1. The Kier molecular flexibility index (Phi) is 6.22. The van der Waals surface area contributed by atoms with Gasteiger partial charge in [-0.25, -0.2) is 9.97 Å². The van der Waals surface area contributed by atoms with Crippen molar-refractivity contribution in [2.45, 2.75) is 52.0 Å². The van der Waals surface area contributed by atoms with E-state index in [4.69, 9.17) is 4.98 Å². The molecule has 0 unspecified atom stereocenters. The van der Waals surface area contributed by atoms with E-state index in [1.165, 1.54) is 25.8 Å². The molecule has 0 aromatic carbocycles. The highest BCUT2D eigenvalue weighted by molar-refractivity contribution is 7.22. The Labute approximate surface area is 193 Å². The molecule has 0 radical (unpaired) electrons. The fraction of sp³-hybridized carbons (Fsp3) is 0.391. The lowest BCUT2D eigenvalue weighted by Crippen LogP contribution is -2.22. The van der Waals surface area contributed by atoms with Crippen LogP contribution in [0, 0.1) is 6.92 Å². The number of hydrogen-bond acceptors (Lipinski definition) is 8. The molecule has 0 amide bonds. The average Bonchev–Trinajstić information content (AvgIpc) is 3.46. The summed E-state index contributed by atoms with van der Waals surface area (Å²) < 4.78 is 1.15. The fourth-order valence-electron chi connectivity index (χ4n) is 4.06. The van der Waals surface area contributed by atoms with Crippen LogP contribution in [-0.2, 0) is 30.6 Å². The predicted molar refractivity (Wildman–Crippen MR) is 129 cm³/mol. The Morgan fingerprint density at radius 1 is 1.19 bits per heavy atom. The number of carbonyl (C=O) groups is 1. The number of carbonyl (C=O) groups excluding carboxylic acids is 1. The summed E-state index contributed by atoms with van der Waals surface area (Å²) in [4.78, 5) is 30.1. The summed E-state index contributed by atoms with van der Waals surface area (Å²) in [5.74, 6) is 0.330. The number of aromatic nitrogens is 3. The van der Waals surface area contributed by atoms with Crippen molar-refractivity contribution in [1.82, 2.24) is 20.3 Å². The van der Waals surface area contributed by atoms with Crippen LogP contribution in [0.2, 0.25) is 0 Å². The van der Waals surface area contributed by atoms with Crippen LogP contribution in [0.15, 0.2) is 24.7 Å². The Balaban J connectivity index is 1.31. The normalized spacial score (nSPS) is 13.6. The standard InChI is InChI=1S/C23H24N4OS3/c1-14-26-11-16(29-14)5-3-2-4-15(28)10-20-22(17-6-8-25-13-21(17)30-20)23-27-18-12-24-9-7-19(18)31-23/h7,9,11-12,25H,2-6,8,10,13H2,1H3. The summed E-state index contributed by atoms with van der Waals surface area (Å²) in [7, 11) is 0. The molecule has 160 valence electrons. The molecule has 0 spiro atoms. The van der Waals surface area contributed by atoms with Gasteiger partial charge in [-0.05, 0) is 50.8 Å². The number of nitrogens with zero attached hydrogens (tertiary/aromatic N) is 3. The molecule has 1 aliphatic rings. The van der Waals surface area contributed by atoms with Gasteiger partial charge in [0.25, 0.3) is 0 Å². The molecule has 0 bridgehead atoms. The van der Waals surface area contributed by atoms with Gasteiger partial charge in [0, 0.05) is 52.0 Å². The zero-order chi connectivity index (χ0) is 21.2. The molecule has 0 atom stereocenters. The maximum absolute atomic E-state index is 12.9. The lowest BCUT2D eigenvalue weighted by molar-refractivity contribution is -0.118. The highest BCUT2D eigenvalue weighted by Gasteiger charge is 2.25. The van der Waals surface area contributed by atoms with Crippen LogP contribution in [0.1, 0.15) is 44.5 Å². The number of aryl methyl sites for hydroxylation is 2. The van der Waals surface area contributed by atoms with Crippen molar-refractivity contribution < 1.29 is 4.79 Å². The molecule has 5 nitrogen and oxygen atoms in total. The van der Waals surface area contributed by atoms with E-state index in [-0.39, 0.29) is 0 Å². The van der Waals surface area contributed by atoms with Crippen molar-refractivity contribution in [3.05, 3.63) is 49.9 Å². The largest absolute Gasteiger partial charge is 0.312 e. The van der Waals surface area contributed by atoms with Gasteiger partial charge in [0.15, 0.2) is 0 Å². The molecule has 4 aromatic rings. The van der Waals surface area contributed by atoms with Gasteiger partial charge in [-0.15, -0.1) is 34.0 Å². The number of rotatable bonds is 8. The van der Waals surface area contributed by atoms with E-state index in [0.717, 1.165) is 59.0 Å². The van der Waals surface area contributed by atoms with Gasteiger partial charge in [0.1, 0.15) is 16.3 Å².